The Kier molecular flexibility index (Phi) is 2.64. The third-order valence-corrected chi connectivity index (χ3v) is 2.29. The van der Waals surface area contributed by atoms with Crippen LogP contribution >= 0.6 is 11.6 Å². The van der Waals surface area contributed by atoms with Gasteiger partial charge in [-0.1, -0.05) is 11.6 Å². The lowest BCUT2D eigenvalue weighted by Crippen LogP contribution is -1.97. The van der Waals surface area contributed by atoms with Crippen LogP contribution in [0.2, 0.25) is 5.02 Å². The minimum absolute atomic E-state index is 0.393. The predicted octanol–water partition coefficient (Wildman–Crippen LogP) is 2.85. The normalized spacial score (nSPS) is 10.5. The summed E-state index contributed by atoms with van der Waals surface area (Å²) in [6.07, 6.45) is 0. The summed E-state index contributed by atoms with van der Waals surface area (Å²) < 4.78 is 10.3. The molecule has 0 N–H and O–H groups in total. The highest BCUT2D eigenvalue weighted by Gasteiger charge is 2.04. The summed E-state index contributed by atoms with van der Waals surface area (Å²) in [6.45, 7) is 2.45. The standard InChI is InChI=1S/C11H9ClO3/c1-2-14-7-3-4-8-9(12)6-11(13)15-10(8)5-7/h3-6H,2H2,1H3. The molecule has 0 aliphatic carbocycles. The average molecular weight is 225 g/mol. The van der Waals surface area contributed by atoms with E-state index in [0.717, 1.165) is 0 Å². The molecule has 1 aromatic heterocycles. The van der Waals surface area contributed by atoms with Crippen molar-refractivity contribution in [1.82, 2.24) is 0 Å². The SMILES string of the molecule is CCOc1ccc2c(Cl)cc(=O)oc2c1. The lowest BCUT2D eigenvalue weighted by Gasteiger charge is -2.04. The van der Waals surface area contributed by atoms with Gasteiger partial charge in [-0.2, -0.15) is 0 Å². The fourth-order valence-corrected chi connectivity index (χ4v) is 1.61. The van der Waals surface area contributed by atoms with E-state index in [2.05, 4.69) is 0 Å². The van der Waals surface area contributed by atoms with Gasteiger partial charge in [-0.15, -0.1) is 0 Å². The minimum Gasteiger partial charge on any atom is -0.494 e. The van der Waals surface area contributed by atoms with Crippen molar-refractivity contribution >= 4 is 22.6 Å². The predicted molar refractivity (Wildman–Crippen MR) is 58.7 cm³/mol. The molecular formula is C11H9ClO3. The molecule has 3 nitrogen and oxygen atoms in total. The van der Waals surface area contributed by atoms with E-state index in [4.69, 9.17) is 20.8 Å². The van der Waals surface area contributed by atoms with Crippen LogP contribution in [-0.4, -0.2) is 6.61 Å². The third kappa shape index (κ3) is 1.97. The molecule has 2 aromatic rings. The van der Waals surface area contributed by atoms with E-state index >= 15 is 0 Å². The highest BCUT2D eigenvalue weighted by Crippen LogP contribution is 2.25. The molecule has 4 heteroatoms. The number of hydrogen-bond acceptors (Lipinski definition) is 3. The number of hydrogen-bond donors (Lipinski definition) is 0. The molecule has 0 spiro atoms. The molecule has 2 rings (SSSR count). The Bertz CT molecular complexity index is 545. The van der Waals surface area contributed by atoms with Gasteiger partial charge in [0.15, 0.2) is 0 Å². The van der Waals surface area contributed by atoms with Crippen LogP contribution < -0.4 is 10.4 Å². The largest absolute Gasteiger partial charge is 0.494 e. The van der Waals surface area contributed by atoms with Gasteiger partial charge in [0.1, 0.15) is 11.3 Å². The van der Waals surface area contributed by atoms with Gasteiger partial charge in [0.2, 0.25) is 0 Å². The van der Waals surface area contributed by atoms with E-state index in [1.807, 2.05) is 6.92 Å². The van der Waals surface area contributed by atoms with Crippen LogP contribution in [0.5, 0.6) is 5.75 Å². The van der Waals surface area contributed by atoms with Gasteiger partial charge < -0.3 is 9.15 Å². The second kappa shape index (κ2) is 3.95. The molecule has 1 aromatic carbocycles. The zero-order chi connectivity index (χ0) is 10.8. The van der Waals surface area contributed by atoms with Gasteiger partial charge >= 0.3 is 5.63 Å². The Hall–Kier alpha value is -1.48. The van der Waals surface area contributed by atoms with Crippen LogP contribution in [0.15, 0.2) is 33.5 Å². The summed E-state index contributed by atoms with van der Waals surface area (Å²) in [5.41, 5.74) is -0.0143. The lowest BCUT2D eigenvalue weighted by molar-refractivity contribution is 0.340. The van der Waals surface area contributed by atoms with Crippen molar-refractivity contribution in [2.24, 2.45) is 0 Å². The minimum atomic E-state index is -0.457. The van der Waals surface area contributed by atoms with Gasteiger partial charge in [0.25, 0.3) is 0 Å². The van der Waals surface area contributed by atoms with Crippen molar-refractivity contribution in [3.05, 3.63) is 39.7 Å². The Labute approximate surface area is 91.2 Å². The first kappa shape index (κ1) is 10.1. The van der Waals surface area contributed by atoms with Crippen molar-refractivity contribution in [2.45, 2.75) is 6.92 Å². The monoisotopic (exact) mass is 224 g/mol. The molecule has 15 heavy (non-hydrogen) atoms. The van der Waals surface area contributed by atoms with Crippen molar-refractivity contribution < 1.29 is 9.15 Å². The molecule has 0 aliphatic heterocycles. The fourth-order valence-electron chi connectivity index (χ4n) is 1.36. The van der Waals surface area contributed by atoms with Crippen LogP contribution in [0.25, 0.3) is 11.0 Å². The summed E-state index contributed by atoms with van der Waals surface area (Å²) in [7, 11) is 0. The van der Waals surface area contributed by atoms with Crippen molar-refractivity contribution in [3.63, 3.8) is 0 Å². The van der Waals surface area contributed by atoms with Crippen LogP contribution in [0.1, 0.15) is 6.92 Å². The second-order valence-corrected chi connectivity index (χ2v) is 3.41. The second-order valence-electron chi connectivity index (χ2n) is 3.00. The van der Waals surface area contributed by atoms with Crippen LogP contribution in [0.3, 0.4) is 0 Å². The van der Waals surface area contributed by atoms with Gasteiger partial charge in [-0.3, -0.25) is 0 Å². The maximum Gasteiger partial charge on any atom is 0.337 e. The first-order valence-corrected chi connectivity index (χ1v) is 4.94. The molecule has 0 aliphatic rings. The van der Waals surface area contributed by atoms with E-state index in [-0.39, 0.29) is 0 Å². The first-order valence-electron chi connectivity index (χ1n) is 4.57. The molecule has 0 unspecified atom stereocenters. The third-order valence-electron chi connectivity index (χ3n) is 1.98. The molecule has 0 saturated heterocycles. The van der Waals surface area contributed by atoms with E-state index in [1.54, 1.807) is 18.2 Å². The highest BCUT2D eigenvalue weighted by atomic mass is 35.5. The van der Waals surface area contributed by atoms with Gasteiger partial charge in [-0.25, -0.2) is 4.79 Å². The zero-order valence-corrected chi connectivity index (χ0v) is 8.88. The molecule has 0 atom stereocenters. The Morgan fingerprint density at radius 3 is 2.93 bits per heavy atom. The zero-order valence-electron chi connectivity index (χ0n) is 8.12. The topological polar surface area (TPSA) is 39.4 Å². The molecule has 78 valence electrons. The van der Waals surface area contributed by atoms with Crippen LogP contribution in [-0.2, 0) is 0 Å². The fraction of sp³-hybridized carbons (Fsp3) is 0.182. The average Bonchev–Trinajstić information content (AvgIpc) is 2.17. The van der Waals surface area contributed by atoms with Gasteiger partial charge in [0, 0.05) is 17.5 Å². The van der Waals surface area contributed by atoms with E-state index in [9.17, 15) is 4.79 Å². The number of benzene rings is 1. The summed E-state index contributed by atoms with van der Waals surface area (Å²) in [5.74, 6) is 0.662. The van der Waals surface area contributed by atoms with Crippen LogP contribution in [0, 0.1) is 0 Å². The van der Waals surface area contributed by atoms with Gasteiger partial charge in [0.05, 0.1) is 11.6 Å². The number of fused-ring (bicyclic) bond motifs is 1. The summed E-state index contributed by atoms with van der Waals surface area (Å²) in [4.78, 5) is 11.1. The van der Waals surface area contributed by atoms with E-state index in [1.165, 1.54) is 6.07 Å². The van der Waals surface area contributed by atoms with E-state index < -0.39 is 5.63 Å². The van der Waals surface area contributed by atoms with Crippen molar-refractivity contribution in [1.29, 1.82) is 0 Å². The number of ether oxygens (including phenoxy) is 1. The van der Waals surface area contributed by atoms with E-state index in [0.29, 0.717) is 28.3 Å². The Morgan fingerprint density at radius 2 is 2.20 bits per heavy atom. The smallest absolute Gasteiger partial charge is 0.337 e. The Balaban J connectivity index is 2.65. The summed E-state index contributed by atoms with van der Waals surface area (Å²) >= 11 is 5.89. The lowest BCUT2D eigenvalue weighted by atomic mass is 10.2. The quantitative estimate of drug-likeness (QED) is 0.737. The van der Waals surface area contributed by atoms with Crippen molar-refractivity contribution in [2.75, 3.05) is 6.61 Å². The first-order chi connectivity index (χ1) is 7.20. The molecule has 0 fully saturated rings. The molecule has 0 amide bonds. The number of rotatable bonds is 2. The van der Waals surface area contributed by atoms with Gasteiger partial charge in [-0.05, 0) is 19.1 Å². The summed E-state index contributed by atoms with van der Waals surface area (Å²) in [5, 5.41) is 1.10. The van der Waals surface area contributed by atoms with Crippen molar-refractivity contribution in [3.8, 4) is 5.75 Å². The molecule has 1 heterocycles. The number of halogens is 1. The molecular weight excluding hydrogens is 216 g/mol. The Morgan fingerprint density at radius 1 is 1.40 bits per heavy atom. The maximum atomic E-state index is 11.1. The highest BCUT2D eigenvalue weighted by molar-refractivity contribution is 6.35. The maximum absolute atomic E-state index is 11.1. The molecule has 0 radical (unpaired) electrons. The molecule has 0 saturated carbocycles. The summed E-state index contributed by atoms with van der Waals surface area (Å²) in [6, 6.07) is 6.47. The van der Waals surface area contributed by atoms with Crippen LogP contribution in [0.4, 0.5) is 0 Å². The molecule has 0 bridgehead atoms.